The number of carbonyl (C=O) groups is 1. The third kappa shape index (κ3) is 2.90. The third-order valence-electron chi connectivity index (χ3n) is 2.98. The van der Waals surface area contributed by atoms with Crippen LogP contribution in [-0.4, -0.2) is 16.4 Å². The van der Waals surface area contributed by atoms with Crippen LogP contribution in [0.2, 0.25) is 0 Å². The van der Waals surface area contributed by atoms with Gasteiger partial charge in [0.2, 0.25) is 6.41 Å². The van der Waals surface area contributed by atoms with Crippen LogP contribution in [0.1, 0.15) is 16.7 Å². The normalized spacial score (nSPS) is 11.9. The van der Waals surface area contributed by atoms with Gasteiger partial charge in [0.15, 0.2) is 0 Å². The van der Waals surface area contributed by atoms with Crippen LogP contribution in [0, 0.1) is 11.8 Å². The number of amides is 1. The first-order valence-corrected chi connectivity index (χ1v) is 6.36. The fourth-order valence-corrected chi connectivity index (χ4v) is 2.06. The average molecular weight is 276 g/mol. The molecule has 0 aromatic carbocycles. The van der Waals surface area contributed by atoms with Crippen molar-refractivity contribution in [1.29, 1.82) is 0 Å². The van der Waals surface area contributed by atoms with Gasteiger partial charge in [-0.2, -0.15) is 0 Å². The molecule has 1 amide bonds. The van der Waals surface area contributed by atoms with E-state index in [4.69, 9.17) is 0 Å². The summed E-state index contributed by atoms with van der Waals surface area (Å²) >= 11 is 0. The first-order chi connectivity index (χ1) is 10.2. The molecule has 2 N–H and O–H groups in total. The number of fused-ring (bicyclic) bond motifs is 1. The molecule has 3 rings (SSSR count). The zero-order chi connectivity index (χ0) is 14.7. The van der Waals surface area contributed by atoms with Gasteiger partial charge in [-0.15, -0.1) is 0 Å². The standard InChI is InChI=1S/C16H12N4O/c1-11-6-14-7-13(9-18-16(14)20-11)3-2-12-4-5-17-15(8-12)19-10-21/h4-5,7-10H,1,6H2,(H,18,20)(H,17,19,21). The zero-order valence-corrected chi connectivity index (χ0v) is 11.2. The third-order valence-corrected chi connectivity index (χ3v) is 2.98. The Morgan fingerprint density at radius 2 is 2.14 bits per heavy atom. The second-order valence-corrected chi connectivity index (χ2v) is 4.58. The lowest BCUT2D eigenvalue weighted by atomic mass is 10.1. The van der Waals surface area contributed by atoms with Crippen LogP contribution in [0.15, 0.2) is 42.9 Å². The summed E-state index contributed by atoms with van der Waals surface area (Å²) in [6, 6.07) is 5.51. The van der Waals surface area contributed by atoms with Gasteiger partial charge in [-0.3, -0.25) is 4.79 Å². The Hall–Kier alpha value is -3.13. The molecule has 0 spiro atoms. The van der Waals surface area contributed by atoms with E-state index >= 15 is 0 Å². The fraction of sp³-hybridized carbons (Fsp3) is 0.0625. The van der Waals surface area contributed by atoms with Gasteiger partial charge in [-0.25, -0.2) is 9.97 Å². The summed E-state index contributed by atoms with van der Waals surface area (Å²) < 4.78 is 0. The van der Waals surface area contributed by atoms with E-state index in [2.05, 4.69) is 39.0 Å². The monoisotopic (exact) mass is 276 g/mol. The van der Waals surface area contributed by atoms with Crippen molar-refractivity contribution in [2.45, 2.75) is 6.42 Å². The number of hydrogen-bond acceptors (Lipinski definition) is 4. The Kier molecular flexibility index (Phi) is 3.36. The summed E-state index contributed by atoms with van der Waals surface area (Å²) in [4.78, 5) is 18.7. The lowest BCUT2D eigenvalue weighted by molar-refractivity contribution is -0.105. The van der Waals surface area contributed by atoms with E-state index in [0.717, 1.165) is 34.6 Å². The molecule has 0 unspecified atom stereocenters. The second-order valence-electron chi connectivity index (χ2n) is 4.58. The van der Waals surface area contributed by atoms with E-state index < -0.39 is 0 Å². The van der Waals surface area contributed by atoms with Crippen molar-refractivity contribution in [3.63, 3.8) is 0 Å². The maximum absolute atomic E-state index is 10.4. The Morgan fingerprint density at radius 3 is 3.00 bits per heavy atom. The summed E-state index contributed by atoms with van der Waals surface area (Å²) in [6.07, 6.45) is 4.69. The molecule has 5 nitrogen and oxygen atoms in total. The van der Waals surface area contributed by atoms with Gasteiger partial charge in [-0.1, -0.05) is 18.4 Å². The highest BCUT2D eigenvalue weighted by Gasteiger charge is 2.14. The van der Waals surface area contributed by atoms with E-state index in [9.17, 15) is 4.79 Å². The quantitative estimate of drug-likeness (QED) is 0.649. The summed E-state index contributed by atoms with van der Waals surface area (Å²) in [5.41, 5.74) is 3.66. The molecule has 0 fully saturated rings. The Bertz CT molecular complexity index is 786. The number of hydrogen-bond donors (Lipinski definition) is 2. The smallest absolute Gasteiger partial charge is 0.212 e. The molecule has 0 saturated carbocycles. The van der Waals surface area contributed by atoms with Gasteiger partial charge >= 0.3 is 0 Å². The summed E-state index contributed by atoms with van der Waals surface area (Å²) in [7, 11) is 0. The van der Waals surface area contributed by atoms with Crippen molar-refractivity contribution < 1.29 is 4.79 Å². The molecule has 0 saturated heterocycles. The van der Waals surface area contributed by atoms with Crippen LogP contribution in [0.25, 0.3) is 0 Å². The number of rotatable bonds is 2. The van der Waals surface area contributed by atoms with E-state index in [1.807, 2.05) is 6.07 Å². The van der Waals surface area contributed by atoms with Crippen LogP contribution in [0.3, 0.4) is 0 Å². The summed E-state index contributed by atoms with van der Waals surface area (Å²) in [6.45, 7) is 3.89. The van der Waals surface area contributed by atoms with Gasteiger partial charge in [0.25, 0.3) is 0 Å². The van der Waals surface area contributed by atoms with E-state index in [-0.39, 0.29) is 0 Å². The molecular formula is C16H12N4O. The van der Waals surface area contributed by atoms with Crippen LogP contribution >= 0.6 is 0 Å². The van der Waals surface area contributed by atoms with Crippen molar-refractivity contribution in [2.24, 2.45) is 0 Å². The molecule has 0 radical (unpaired) electrons. The number of nitrogens with zero attached hydrogens (tertiary/aromatic N) is 2. The zero-order valence-electron chi connectivity index (χ0n) is 11.2. The van der Waals surface area contributed by atoms with Crippen molar-refractivity contribution in [2.75, 3.05) is 10.6 Å². The number of pyridine rings is 2. The second kappa shape index (κ2) is 5.47. The molecule has 5 heteroatoms. The van der Waals surface area contributed by atoms with Crippen molar-refractivity contribution in [1.82, 2.24) is 9.97 Å². The predicted molar refractivity (Wildman–Crippen MR) is 80.6 cm³/mol. The SMILES string of the molecule is C=C1Cc2cc(C#Cc3ccnc(NC=O)c3)cnc2N1. The number of carbonyl (C=O) groups excluding carboxylic acids is 1. The summed E-state index contributed by atoms with van der Waals surface area (Å²) in [5.74, 6) is 7.42. The molecule has 3 heterocycles. The topological polar surface area (TPSA) is 66.9 Å². The number of aromatic nitrogens is 2. The lowest BCUT2D eigenvalue weighted by Gasteiger charge is -1.98. The molecule has 2 aromatic heterocycles. The molecule has 0 atom stereocenters. The molecule has 1 aliphatic heterocycles. The van der Waals surface area contributed by atoms with E-state index in [0.29, 0.717) is 12.2 Å². The van der Waals surface area contributed by atoms with E-state index in [1.165, 1.54) is 0 Å². The number of nitrogens with one attached hydrogen (secondary N) is 2. The molecule has 21 heavy (non-hydrogen) atoms. The maximum atomic E-state index is 10.4. The van der Waals surface area contributed by atoms with Crippen LogP contribution in [0.5, 0.6) is 0 Å². The van der Waals surface area contributed by atoms with E-state index in [1.54, 1.807) is 24.5 Å². The van der Waals surface area contributed by atoms with Crippen LogP contribution < -0.4 is 10.6 Å². The van der Waals surface area contributed by atoms with Gasteiger partial charge in [0.05, 0.1) is 0 Å². The highest BCUT2D eigenvalue weighted by Crippen LogP contribution is 2.24. The highest BCUT2D eigenvalue weighted by atomic mass is 16.1. The Balaban J connectivity index is 1.85. The predicted octanol–water partition coefficient (Wildman–Crippen LogP) is 1.93. The Labute approximate surface area is 122 Å². The average Bonchev–Trinajstić information content (AvgIpc) is 2.85. The number of allylic oxidation sites excluding steroid dienone is 1. The maximum Gasteiger partial charge on any atom is 0.212 e. The summed E-state index contributed by atoms with van der Waals surface area (Å²) in [5, 5.41) is 5.61. The Morgan fingerprint density at radius 1 is 1.29 bits per heavy atom. The first kappa shape index (κ1) is 12.9. The first-order valence-electron chi connectivity index (χ1n) is 6.36. The molecule has 0 aliphatic carbocycles. The minimum absolute atomic E-state index is 0.476. The minimum Gasteiger partial charge on any atom is -0.344 e. The number of anilines is 2. The van der Waals surface area contributed by atoms with Crippen LogP contribution in [0.4, 0.5) is 11.6 Å². The van der Waals surface area contributed by atoms with Crippen molar-refractivity contribution in [3.8, 4) is 11.8 Å². The highest BCUT2D eigenvalue weighted by molar-refractivity contribution is 5.69. The van der Waals surface area contributed by atoms with Gasteiger partial charge < -0.3 is 10.6 Å². The lowest BCUT2D eigenvalue weighted by Crippen LogP contribution is -1.96. The van der Waals surface area contributed by atoms with Crippen LogP contribution in [-0.2, 0) is 11.2 Å². The molecule has 102 valence electrons. The molecule has 0 bridgehead atoms. The largest absolute Gasteiger partial charge is 0.344 e. The van der Waals surface area contributed by atoms with Gasteiger partial charge in [0, 0.05) is 41.2 Å². The fourth-order valence-electron chi connectivity index (χ4n) is 2.06. The van der Waals surface area contributed by atoms with Crippen molar-refractivity contribution >= 4 is 18.0 Å². The minimum atomic E-state index is 0.476. The molecular weight excluding hydrogens is 264 g/mol. The molecule has 1 aliphatic rings. The molecule has 2 aromatic rings. The van der Waals surface area contributed by atoms with Gasteiger partial charge in [-0.05, 0) is 18.2 Å². The van der Waals surface area contributed by atoms with Crippen molar-refractivity contribution in [3.05, 3.63) is 59.6 Å². The van der Waals surface area contributed by atoms with Gasteiger partial charge in [0.1, 0.15) is 11.6 Å².